The molecule has 5 heteroatoms. The number of carboxylic acid groups (broad SMARTS) is 1. The van der Waals surface area contributed by atoms with Crippen molar-refractivity contribution in [1.82, 2.24) is 0 Å². The number of carboxylic acids is 1. The monoisotopic (exact) mass is 384 g/mol. The molecule has 0 bridgehead atoms. The Labute approximate surface area is 164 Å². The van der Waals surface area contributed by atoms with E-state index in [4.69, 9.17) is 5.11 Å². The normalized spacial score (nSPS) is 27.9. The van der Waals surface area contributed by atoms with Crippen molar-refractivity contribution in [3.63, 3.8) is 0 Å². The molecule has 0 radical (unpaired) electrons. The fourth-order valence-electron chi connectivity index (χ4n) is 4.20. The number of unbranched alkanes of at least 4 members (excludes halogenated alkanes) is 4. The fourth-order valence-corrected chi connectivity index (χ4v) is 4.20. The highest BCUT2D eigenvalue weighted by Gasteiger charge is 2.39. The Kier molecular flexibility index (Phi) is 11.9. The van der Waals surface area contributed by atoms with Crippen molar-refractivity contribution in [1.29, 1.82) is 0 Å². The van der Waals surface area contributed by atoms with Crippen LogP contribution in [0.15, 0.2) is 12.2 Å². The Balaban J connectivity index is 2.42. The molecule has 1 aliphatic rings. The van der Waals surface area contributed by atoms with Gasteiger partial charge in [-0.05, 0) is 31.1 Å². The van der Waals surface area contributed by atoms with Gasteiger partial charge < -0.3 is 20.4 Å². The van der Waals surface area contributed by atoms with Crippen LogP contribution in [0.2, 0.25) is 0 Å². The predicted molar refractivity (Wildman–Crippen MR) is 107 cm³/mol. The topological polar surface area (TPSA) is 98.0 Å². The lowest BCUT2D eigenvalue weighted by Gasteiger charge is -2.21. The number of rotatable bonds is 14. The molecule has 0 aliphatic heterocycles. The molecule has 1 rings (SSSR count). The average Bonchev–Trinajstić information content (AvgIpc) is 2.87. The number of carbonyl (C=O) groups is 1. The van der Waals surface area contributed by atoms with Crippen molar-refractivity contribution >= 4 is 5.97 Å². The molecule has 0 heterocycles. The molecule has 0 unspecified atom stereocenters. The summed E-state index contributed by atoms with van der Waals surface area (Å²) in [6, 6.07) is 0. The minimum Gasteiger partial charge on any atom is -0.481 e. The lowest BCUT2D eigenvalue weighted by molar-refractivity contribution is -0.137. The molecule has 1 aliphatic carbocycles. The highest BCUT2D eigenvalue weighted by atomic mass is 16.4. The molecule has 4 N–H and O–H groups in total. The van der Waals surface area contributed by atoms with Gasteiger partial charge in [0.05, 0.1) is 18.3 Å². The zero-order valence-electron chi connectivity index (χ0n) is 17.1. The summed E-state index contributed by atoms with van der Waals surface area (Å²) in [5.74, 6) is -0.373. The average molecular weight is 385 g/mol. The van der Waals surface area contributed by atoms with E-state index in [0.29, 0.717) is 18.8 Å². The third-order valence-electron chi connectivity index (χ3n) is 5.84. The van der Waals surface area contributed by atoms with Crippen LogP contribution in [0.4, 0.5) is 0 Å². The lowest BCUT2D eigenvalue weighted by Crippen LogP contribution is -2.21. The minimum atomic E-state index is -0.753. The van der Waals surface area contributed by atoms with E-state index >= 15 is 0 Å². The smallest absolute Gasteiger partial charge is 0.303 e. The van der Waals surface area contributed by atoms with Gasteiger partial charge in [-0.1, -0.05) is 64.5 Å². The van der Waals surface area contributed by atoms with E-state index in [2.05, 4.69) is 13.8 Å². The summed E-state index contributed by atoms with van der Waals surface area (Å²) in [7, 11) is 0. The van der Waals surface area contributed by atoms with Crippen molar-refractivity contribution in [3.05, 3.63) is 12.2 Å². The van der Waals surface area contributed by atoms with E-state index in [1.165, 1.54) is 12.8 Å². The number of hydrogen-bond donors (Lipinski definition) is 4. The minimum absolute atomic E-state index is 0.0143. The quantitative estimate of drug-likeness (QED) is 0.269. The Hall–Kier alpha value is -0.910. The van der Waals surface area contributed by atoms with E-state index in [9.17, 15) is 20.1 Å². The van der Waals surface area contributed by atoms with Gasteiger partial charge in [-0.15, -0.1) is 0 Å². The first-order valence-electron chi connectivity index (χ1n) is 10.8. The molecule has 158 valence electrons. The summed E-state index contributed by atoms with van der Waals surface area (Å²) in [6.07, 6.45) is 11.2. The van der Waals surface area contributed by atoms with E-state index in [0.717, 1.165) is 38.5 Å². The fraction of sp³-hybridized carbons (Fsp3) is 0.864. The molecular formula is C22H40O5. The van der Waals surface area contributed by atoms with Crippen molar-refractivity contribution in [3.8, 4) is 0 Å². The molecule has 1 fully saturated rings. The van der Waals surface area contributed by atoms with Crippen molar-refractivity contribution in [2.45, 2.75) is 103 Å². The molecule has 5 nitrogen and oxygen atoms in total. The number of aliphatic hydroxyl groups is 3. The molecule has 0 aromatic rings. The first-order valence-corrected chi connectivity index (χ1v) is 10.8. The first-order chi connectivity index (χ1) is 12.8. The largest absolute Gasteiger partial charge is 0.481 e. The summed E-state index contributed by atoms with van der Waals surface area (Å²) in [4.78, 5) is 10.5. The third kappa shape index (κ3) is 9.72. The van der Waals surface area contributed by atoms with Crippen molar-refractivity contribution in [2.24, 2.45) is 17.8 Å². The van der Waals surface area contributed by atoms with Gasteiger partial charge in [0.25, 0.3) is 0 Å². The second-order valence-corrected chi connectivity index (χ2v) is 8.39. The van der Waals surface area contributed by atoms with Crippen LogP contribution in [-0.4, -0.2) is 44.7 Å². The molecule has 0 amide bonds. The van der Waals surface area contributed by atoms with Gasteiger partial charge in [0.2, 0.25) is 0 Å². The zero-order valence-corrected chi connectivity index (χ0v) is 17.1. The summed E-state index contributed by atoms with van der Waals surface area (Å²) in [5, 5.41) is 39.5. The Morgan fingerprint density at radius 3 is 2.48 bits per heavy atom. The van der Waals surface area contributed by atoms with Gasteiger partial charge in [0.15, 0.2) is 0 Å². The van der Waals surface area contributed by atoms with Crippen LogP contribution >= 0.6 is 0 Å². The van der Waals surface area contributed by atoms with Crippen molar-refractivity contribution in [2.75, 3.05) is 0 Å². The van der Waals surface area contributed by atoms with Crippen molar-refractivity contribution < 1.29 is 25.2 Å². The summed E-state index contributed by atoms with van der Waals surface area (Å²) in [5.41, 5.74) is 0. The Morgan fingerprint density at radius 1 is 1.11 bits per heavy atom. The molecule has 0 aromatic carbocycles. The second-order valence-electron chi connectivity index (χ2n) is 8.39. The SMILES string of the molecule is CCCC[C@@H](C)C[C@H](O)/C=C/[C@H]1[C@@H](CCCCCCC(=O)O)[C@@H](O)C[C@H]1O. The number of aliphatic carboxylic acids is 1. The maximum Gasteiger partial charge on any atom is 0.303 e. The molecule has 27 heavy (non-hydrogen) atoms. The molecule has 1 saturated carbocycles. The van der Waals surface area contributed by atoms with Gasteiger partial charge in [-0.2, -0.15) is 0 Å². The Bertz CT molecular complexity index is 436. The third-order valence-corrected chi connectivity index (χ3v) is 5.84. The molecule has 0 aromatic heterocycles. The van der Waals surface area contributed by atoms with Crippen LogP contribution in [0.1, 0.15) is 84.5 Å². The summed E-state index contributed by atoms with van der Waals surface area (Å²) in [6.45, 7) is 4.33. The number of aliphatic hydroxyl groups excluding tert-OH is 3. The molecular weight excluding hydrogens is 344 g/mol. The highest BCUT2D eigenvalue weighted by molar-refractivity contribution is 5.66. The van der Waals surface area contributed by atoms with Crippen LogP contribution < -0.4 is 0 Å². The van der Waals surface area contributed by atoms with Gasteiger partial charge in [0, 0.05) is 18.8 Å². The predicted octanol–water partition coefficient (Wildman–Crippen LogP) is 3.90. The maximum absolute atomic E-state index is 10.5. The first kappa shape index (κ1) is 24.1. The van der Waals surface area contributed by atoms with Crippen LogP contribution in [0.25, 0.3) is 0 Å². The highest BCUT2D eigenvalue weighted by Crippen LogP contribution is 2.37. The lowest BCUT2D eigenvalue weighted by atomic mass is 9.87. The van der Waals surface area contributed by atoms with Crippen LogP contribution in [0, 0.1) is 17.8 Å². The van der Waals surface area contributed by atoms with Crippen LogP contribution in [0.5, 0.6) is 0 Å². The van der Waals surface area contributed by atoms with Crippen LogP contribution in [0.3, 0.4) is 0 Å². The van der Waals surface area contributed by atoms with Gasteiger partial charge >= 0.3 is 5.97 Å². The molecule has 0 spiro atoms. The van der Waals surface area contributed by atoms with E-state index in [1.54, 1.807) is 6.08 Å². The summed E-state index contributed by atoms with van der Waals surface area (Å²) >= 11 is 0. The Morgan fingerprint density at radius 2 is 1.81 bits per heavy atom. The van der Waals surface area contributed by atoms with Gasteiger partial charge in [0.1, 0.15) is 0 Å². The zero-order chi connectivity index (χ0) is 20.2. The van der Waals surface area contributed by atoms with Crippen LogP contribution in [-0.2, 0) is 4.79 Å². The molecule has 6 atom stereocenters. The maximum atomic E-state index is 10.5. The standard InChI is InChI=1S/C22H40O5/c1-3-4-9-16(2)14-17(23)12-13-19-18(20(24)15-21(19)25)10-7-5-6-8-11-22(26)27/h12-13,16-21,23-25H,3-11,14-15H2,1-2H3,(H,26,27)/b13-12+/t16-,17-,18-,19+,20+,21-/m1/s1. The van der Waals surface area contributed by atoms with E-state index in [1.807, 2.05) is 6.08 Å². The second kappa shape index (κ2) is 13.3. The van der Waals surface area contributed by atoms with E-state index in [-0.39, 0.29) is 18.3 Å². The van der Waals surface area contributed by atoms with Gasteiger partial charge in [-0.25, -0.2) is 0 Å². The summed E-state index contributed by atoms with van der Waals surface area (Å²) < 4.78 is 0. The number of hydrogen-bond acceptors (Lipinski definition) is 4. The van der Waals surface area contributed by atoms with Gasteiger partial charge in [-0.3, -0.25) is 4.79 Å². The molecule has 0 saturated heterocycles. The van der Waals surface area contributed by atoms with E-state index < -0.39 is 24.3 Å².